The zero-order valence-electron chi connectivity index (χ0n) is 13.8. The number of rotatable bonds is 4. The van der Waals surface area contributed by atoms with Crippen molar-refractivity contribution in [3.8, 4) is 11.5 Å². The van der Waals surface area contributed by atoms with Gasteiger partial charge in [-0.2, -0.15) is 14.9 Å². The van der Waals surface area contributed by atoms with Gasteiger partial charge in [0.15, 0.2) is 5.82 Å². The van der Waals surface area contributed by atoms with Crippen LogP contribution in [0.4, 0.5) is 4.79 Å². The number of nitrogens with two attached hydrogens (primary N) is 1. The standard InChI is InChI=1S/C15H20N8O2/c16-15(24)23-2-1-11(20-23)14-18-12-9-17-22(10-13(12)19-14)4-3-21-5-7-25-8-6-21/h1-2,9H,3-8,10H2,(H2,16,24)(H,18,19). The molecule has 132 valence electrons. The monoisotopic (exact) mass is 344 g/mol. The third-order valence-corrected chi connectivity index (χ3v) is 4.33. The number of hydrogen-bond donors (Lipinski definition) is 2. The number of aromatic nitrogens is 4. The SMILES string of the molecule is NC(=O)n1ccc(-c2nc3c([nH]2)CN(CCN2CCOCC2)N=C3)n1. The molecule has 2 aliphatic heterocycles. The molecular weight excluding hydrogens is 324 g/mol. The number of imidazole rings is 1. The van der Waals surface area contributed by atoms with E-state index in [1.165, 1.54) is 6.20 Å². The summed E-state index contributed by atoms with van der Waals surface area (Å²) in [5.74, 6) is 0.603. The zero-order chi connectivity index (χ0) is 17.2. The summed E-state index contributed by atoms with van der Waals surface area (Å²) in [5.41, 5.74) is 7.56. The number of amides is 1. The van der Waals surface area contributed by atoms with Gasteiger partial charge in [0, 0.05) is 32.4 Å². The maximum absolute atomic E-state index is 11.1. The second-order valence-electron chi connectivity index (χ2n) is 6.02. The second-order valence-corrected chi connectivity index (χ2v) is 6.02. The molecule has 0 unspecified atom stereocenters. The lowest BCUT2D eigenvalue weighted by molar-refractivity contribution is 0.0329. The Hall–Kier alpha value is -2.72. The van der Waals surface area contributed by atoms with Crippen LogP contribution >= 0.6 is 0 Å². The fourth-order valence-electron chi connectivity index (χ4n) is 2.92. The Morgan fingerprint density at radius 2 is 2.16 bits per heavy atom. The maximum Gasteiger partial charge on any atom is 0.339 e. The zero-order valence-corrected chi connectivity index (χ0v) is 13.8. The molecule has 2 aliphatic rings. The number of carbonyl (C=O) groups is 1. The van der Waals surface area contributed by atoms with Crippen LogP contribution in [0.15, 0.2) is 17.4 Å². The van der Waals surface area contributed by atoms with Crippen molar-refractivity contribution < 1.29 is 9.53 Å². The molecule has 1 fully saturated rings. The van der Waals surface area contributed by atoms with E-state index in [2.05, 4.69) is 25.1 Å². The van der Waals surface area contributed by atoms with E-state index in [-0.39, 0.29) is 0 Å². The Balaban J connectivity index is 1.41. The van der Waals surface area contributed by atoms with Crippen molar-refractivity contribution in [2.24, 2.45) is 10.8 Å². The molecule has 0 bridgehead atoms. The lowest BCUT2D eigenvalue weighted by atomic mass is 10.3. The lowest BCUT2D eigenvalue weighted by Gasteiger charge is -2.29. The van der Waals surface area contributed by atoms with Gasteiger partial charge in [0.1, 0.15) is 11.4 Å². The van der Waals surface area contributed by atoms with E-state index in [0.717, 1.165) is 55.5 Å². The summed E-state index contributed by atoms with van der Waals surface area (Å²) in [4.78, 5) is 21.3. The van der Waals surface area contributed by atoms with Gasteiger partial charge in [-0.25, -0.2) is 9.78 Å². The van der Waals surface area contributed by atoms with Crippen molar-refractivity contribution in [3.63, 3.8) is 0 Å². The van der Waals surface area contributed by atoms with Crippen LogP contribution < -0.4 is 5.73 Å². The highest BCUT2D eigenvalue weighted by Gasteiger charge is 2.19. The number of morpholine rings is 1. The molecule has 10 nitrogen and oxygen atoms in total. The molecule has 0 aromatic carbocycles. The largest absolute Gasteiger partial charge is 0.379 e. The van der Waals surface area contributed by atoms with E-state index in [1.54, 1.807) is 12.3 Å². The van der Waals surface area contributed by atoms with Crippen molar-refractivity contribution >= 4 is 12.2 Å². The number of carbonyl (C=O) groups excluding carboxylic acids is 1. The second kappa shape index (κ2) is 6.65. The van der Waals surface area contributed by atoms with Gasteiger partial charge in [-0.15, -0.1) is 0 Å². The van der Waals surface area contributed by atoms with Crippen LogP contribution in [0.5, 0.6) is 0 Å². The van der Waals surface area contributed by atoms with Crippen LogP contribution in [0, 0.1) is 0 Å². The number of primary amides is 1. The van der Waals surface area contributed by atoms with Crippen molar-refractivity contribution in [2.45, 2.75) is 6.54 Å². The molecule has 10 heteroatoms. The highest BCUT2D eigenvalue weighted by molar-refractivity contribution is 5.80. The molecule has 3 N–H and O–H groups in total. The number of H-pyrrole nitrogens is 1. The number of nitrogens with zero attached hydrogens (tertiary/aromatic N) is 6. The number of ether oxygens (including phenoxy) is 1. The van der Waals surface area contributed by atoms with Crippen LogP contribution in [0.1, 0.15) is 11.4 Å². The van der Waals surface area contributed by atoms with Crippen LogP contribution in [-0.2, 0) is 11.3 Å². The number of nitrogens with one attached hydrogen (secondary N) is 1. The van der Waals surface area contributed by atoms with Crippen molar-refractivity contribution in [3.05, 3.63) is 23.7 Å². The third kappa shape index (κ3) is 3.39. The minimum Gasteiger partial charge on any atom is -0.379 e. The van der Waals surface area contributed by atoms with Crippen LogP contribution in [0.25, 0.3) is 11.5 Å². The molecule has 0 saturated carbocycles. The van der Waals surface area contributed by atoms with Gasteiger partial charge in [0.25, 0.3) is 0 Å². The topological polar surface area (TPSA) is 118 Å². The van der Waals surface area contributed by atoms with E-state index in [0.29, 0.717) is 18.1 Å². The van der Waals surface area contributed by atoms with Crippen LogP contribution in [0.2, 0.25) is 0 Å². The van der Waals surface area contributed by atoms with Gasteiger partial charge < -0.3 is 15.5 Å². The predicted octanol–water partition coefficient (Wildman–Crippen LogP) is -0.318. The molecule has 0 atom stereocenters. The minimum atomic E-state index is -0.626. The summed E-state index contributed by atoms with van der Waals surface area (Å²) in [6.45, 7) is 6.02. The first kappa shape index (κ1) is 15.8. The normalized spacial score (nSPS) is 17.7. The first-order valence-electron chi connectivity index (χ1n) is 8.23. The summed E-state index contributed by atoms with van der Waals surface area (Å²) in [6.07, 6.45) is 3.27. The maximum atomic E-state index is 11.1. The first-order valence-corrected chi connectivity index (χ1v) is 8.23. The lowest BCUT2D eigenvalue weighted by Crippen LogP contribution is -2.40. The highest BCUT2D eigenvalue weighted by atomic mass is 16.5. The van der Waals surface area contributed by atoms with Crippen molar-refractivity contribution in [1.29, 1.82) is 0 Å². The Labute approximate surface area is 144 Å². The van der Waals surface area contributed by atoms with Crippen molar-refractivity contribution in [1.82, 2.24) is 29.7 Å². The summed E-state index contributed by atoms with van der Waals surface area (Å²) in [5, 5.41) is 10.6. The van der Waals surface area contributed by atoms with E-state index < -0.39 is 6.03 Å². The average molecular weight is 344 g/mol. The molecule has 0 aliphatic carbocycles. The number of hydrazone groups is 1. The smallest absolute Gasteiger partial charge is 0.339 e. The van der Waals surface area contributed by atoms with E-state index in [1.807, 2.05) is 5.01 Å². The predicted molar refractivity (Wildman–Crippen MR) is 90.1 cm³/mol. The first-order chi connectivity index (χ1) is 12.2. The quantitative estimate of drug-likeness (QED) is 0.785. The fraction of sp³-hybridized carbons (Fsp3) is 0.467. The molecule has 0 spiro atoms. The van der Waals surface area contributed by atoms with Gasteiger partial charge in [0.2, 0.25) is 0 Å². The fourth-order valence-corrected chi connectivity index (χ4v) is 2.92. The summed E-state index contributed by atoms with van der Waals surface area (Å²) < 4.78 is 6.45. The van der Waals surface area contributed by atoms with Crippen molar-refractivity contribution in [2.75, 3.05) is 39.4 Å². The molecule has 4 heterocycles. The highest BCUT2D eigenvalue weighted by Crippen LogP contribution is 2.19. The Bertz CT molecular complexity index is 789. The van der Waals surface area contributed by atoms with Gasteiger partial charge in [0.05, 0.1) is 31.7 Å². The van der Waals surface area contributed by atoms with E-state index >= 15 is 0 Å². The molecule has 1 saturated heterocycles. The van der Waals surface area contributed by atoms with Gasteiger partial charge in [-0.1, -0.05) is 0 Å². The van der Waals surface area contributed by atoms with Crippen LogP contribution in [0.3, 0.4) is 0 Å². The van der Waals surface area contributed by atoms with Gasteiger partial charge in [-0.05, 0) is 6.07 Å². The Morgan fingerprint density at radius 3 is 2.92 bits per heavy atom. The molecular formula is C15H20N8O2. The molecule has 2 aromatic rings. The van der Waals surface area contributed by atoms with E-state index in [4.69, 9.17) is 10.5 Å². The summed E-state index contributed by atoms with van der Waals surface area (Å²) >= 11 is 0. The number of fused-ring (bicyclic) bond motifs is 1. The summed E-state index contributed by atoms with van der Waals surface area (Å²) in [7, 11) is 0. The van der Waals surface area contributed by atoms with Gasteiger partial charge >= 0.3 is 6.03 Å². The molecule has 4 rings (SSSR count). The molecule has 1 amide bonds. The Morgan fingerprint density at radius 1 is 1.32 bits per heavy atom. The molecule has 25 heavy (non-hydrogen) atoms. The minimum absolute atomic E-state index is 0.571. The third-order valence-electron chi connectivity index (χ3n) is 4.33. The molecule has 2 aromatic heterocycles. The number of aromatic amines is 1. The van der Waals surface area contributed by atoms with E-state index in [9.17, 15) is 4.79 Å². The van der Waals surface area contributed by atoms with Gasteiger partial charge in [-0.3, -0.25) is 9.91 Å². The average Bonchev–Trinajstić information content (AvgIpc) is 3.27. The number of hydrogen-bond acceptors (Lipinski definition) is 7. The Kier molecular flexibility index (Phi) is 4.20. The molecule has 0 radical (unpaired) electrons. The summed E-state index contributed by atoms with van der Waals surface area (Å²) in [6, 6.07) is 1.07. The van der Waals surface area contributed by atoms with Crippen LogP contribution in [-0.4, -0.2) is 81.3 Å².